The summed E-state index contributed by atoms with van der Waals surface area (Å²) in [6.07, 6.45) is 2.24. The van der Waals surface area contributed by atoms with Crippen LogP contribution < -0.4 is 10.6 Å². The van der Waals surface area contributed by atoms with Crippen LogP contribution in [0.2, 0.25) is 0 Å². The molecule has 3 N–H and O–H groups in total. The van der Waals surface area contributed by atoms with Crippen molar-refractivity contribution in [2.45, 2.75) is 24.8 Å². The molecule has 6 nitrogen and oxygen atoms in total. The van der Waals surface area contributed by atoms with E-state index in [1.54, 1.807) is 6.07 Å². The van der Waals surface area contributed by atoms with E-state index in [1.807, 2.05) is 0 Å². The van der Waals surface area contributed by atoms with Crippen LogP contribution in [0.1, 0.15) is 35.0 Å². The lowest BCUT2D eigenvalue weighted by Crippen LogP contribution is -2.41. The number of hydrogen-bond donors (Lipinski definition) is 3. The molecule has 18 heavy (non-hydrogen) atoms. The maximum atomic E-state index is 12.0. The van der Waals surface area contributed by atoms with Gasteiger partial charge >= 0.3 is 0 Å². The quantitative estimate of drug-likeness (QED) is 0.693. The highest BCUT2D eigenvalue weighted by Gasteiger charge is 2.31. The molecular weight excluding hydrogens is 234 g/mol. The van der Waals surface area contributed by atoms with Crippen molar-refractivity contribution in [3.63, 3.8) is 0 Å². The third-order valence-corrected chi connectivity index (χ3v) is 3.63. The molecule has 1 aromatic rings. The molecule has 1 unspecified atom stereocenters. The van der Waals surface area contributed by atoms with E-state index in [1.165, 1.54) is 0 Å². The van der Waals surface area contributed by atoms with Crippen LogP contribution in [0.4, 0.5) is 0 Å². The normalized spacial score (nSPS) is 27.4. The molecule has 0 spiro atoms. The highest BCUT2D eigenvalue weighted by atomic mass is 16.5. The summed E-state index contributed by atoms with van der Waals surface area (Å²) in [4.78, 5) is 12.0. The fraction of sp³-hybridized carbons (Fsp3) is 0.667. The van der Waals surface area contributed by atoms with Gasteiger partial charge in [-0.2, -0.15) is 0 Å². The number of hydrogen-bond acceptors (Lipinski definition) is 5. The van der Waals surface area contributed by atoms with E-state index in [-0.39, 0.29) is 24.5 Å². The smallest absolute Gasteiger partial charge is 0.273 e. The van der Waals surface area contributed by atoms with Crippen LogP contribution in [0.5, 0.6) is 0 Å². The fourth-order valence-electron chi connectivity index (χ4n) is 2.29. The van der Waals surface area contributed by atoms with Crippen LogP contribution in [0.25, 0.3) is 0 Å². The summed E-state index contributed by atoms with van der Waals surface area (Å²) < 4.78 is 5.15. The molecular formula is C12H17N3O3. The summed E-state index contributed by atoms with van der Waals surface area (Å²) in [6, 6.07) is 1.69. The van der Waals surface area contributed by atoms with Crippen molar-refractivity contribution in [3.05, 3.63) is 17.5 Å². The van der Waals surface area contributed by atoms with Gasteiger partial charge in [-0.25, -0.2) is 0 Å². The Labute approximate surface area is 105 Å². The number of nitrogens with one attached hydrogen (secondary N) is 2. The van der Waals surface area contributed by atoms with Gasteiger partial charge in [0.25, 0.3) is 5.91 Å². The molecule has 1 saturated carbocycles. The third-order valence-electron chi connectivity index (χ3n) is 3.63. The number of rotatable bonds is 4. The Hall–Kier alpha value is -1.40. The van der Waals surface area contributed by atoms with Crippen LogP contribution in [0, 0.1) is 5.92 Å². The number of nitrogens with zero attached hydrogens (tertiary/aromatic N) is 1. The Morgan fingerprint density at radius 3 is 3.11 bits per heavy atom. The van der Waals surface area contributed by atoms with Crippen molar-refractivity contribution in [1.82, 2.24) is 15.8 Å². The average Bonchev–Trinajstić information content (AvgIpc) is 2.93. The second-order valence-corrected chi connectivity index (χ2v) is 5.07. The van der Waals surface area contributed by atoms with Gasteiger partial charge in [0.2, 0.25) is 0 Å². The van der Waals surface area contributed by atoms with Crippen molar-refractivity contribution in [1.29, 1.82) is 0 Å². The monoisotopic (exact) mass is 251 g/mol. The van der Waals surface area contributed by atoms with Crippen LogP contribution in [-0.4, -0.2) is 41.9 Å². The van der Waals surface area contributed by atoms with Gasteiger partial charge in [-0.05, 0) is 12.8 Å². The third kappa shape index (κ3) is 2.26. The van der Waals surface area contributed by atoms with Gasteiger partial charge in [-0.3, -0.25) is 4.79 Å². The Morgan fingerprint density at radius 2 is 2.39 bits per heavy atom. The number of carbonyl (C=O) groups is 1. The minimum absolute atomic E-state index is 0.0384. The zero-order valence-corrected chi connectivity index (χ0v) is 10.1. The van der Waals surface area contributed by atoms with Crippen molar-refractivity contribution in [2.75, 3.05) is 19.7 Å². The predicted octanol–water partition coefficient (Wildman–Crippen LogP) is -0.138. The molecule has 2 fully saturated rings. The molecule has 1 amide bonds. The lowest BCUT2D eigenvalue weighted by Gasteiger charge is -2.16. The van der Waals surface area contributed by atoms with E-state index in [0.717, 1.165) is 25.1 Å². The lowest BCUT2D eigenvalue weighted by atomic mass is 10.1. The topological polar surface area (TPSA) is 87.4 Å². The molecule has 1 aromatic heterocycles. The summed E-state index contributed by atoms with van der Waals surface area (Å²) in [5.74, 6) is 1.11. The Balaban J connectivity index is 1.62. The van der Waals surface area contributed by atoms with Crippen molar-refractivity contribution in [3.8, 4) is 0 Å². The Bertz CT molecular complexity index is 442. The van der Waals surface area contributed by atoms with E-state index >= 15 is 0 Å². The second-order valence-electron chi connectivity index (χ2n) is 5.07. The SMILES string of the molecule is O=C(NC1CNC[C@H]1CO)c1cc(C2CC2)on1. The largest absolute Gasteiger partial charge is 0.396 e. The van der Waals surface area contributed by atoms with E-state index in [0.29, 0.717) is 18.2 Å². The first-order chi connectivity index (χ1) is 8.78. The molecule has 0 aromatic carbocycles. The number of aliphatic hydroxyl groups is 1. The molecule has 0 radical (unpaired) electrons. The molecule has 2 atom stereocenters. The van der Waals surface area contributed by atoms with Crippen LogP contribution in [-0.2, 0) is 0 Å². The first kappa shape index (κ1) is 11.7. The summed E-state index contributed by atoms with van der Waals surface area (Å²) >= 11 is 0. The zero-order chi connectivity index (χ0) is 12.5. The molecule has 1 aliphatic carbocycles. The Morgan fingerprint density at radius 1 is 1.56 bits per heavy atom. The van der Waals surface area contributed by atoms with E-state index in [9.17, 15) is 9.90 Å². The number of aromatic nitrogens is 1. The molecule has 6 heteroatoms. The van der Waals surface area contributed by atoms with E-state index in [4.69, 9.17) is 4.52 Å². The summed E-state index contributed by atoms with van der Waals surface area (Å²) in [5.41, 5.74) is 0.334. The summed E-state index contributed by atoms with van der Waals surface area (Å²) in [5, 5.41) is 19.0. The number of carbonyl (C=O) groups excluding carboxylic acids is 1. The van der Waals surface area contributed by atoms with Crippen molar-refractivity contribution >= 4 is 5.91 Å². The lowest BCUT2D eigenvalue weighted by molar-refractivity contribution is 0.0912. The summed E-state index contributed by atoms with van der Waals surface area (Å²) in [7, 11) is 0. The predicted molar refractivity (Wildman–Crippen MR) is 63.2 cm³/mol. The molecule has 1 saturated heterocycles. The highest BCUT2D eigenvalue weighted by molar-refractivity contribution is 5.92. The molecule has 1 aliphatic heterocycles. The van der Waals surface area contributed by atoms with Crippen LogP contribution in [0.3, 0.4) is 0 Å². The number of aliphatic hydroxyl groups excluding tert-OH is 1. The van der Waals surface area contributed by atoms with Gasteiger partial charge in [0.05, 0.1) is 0 Å². The maximum Gasteiger partial charge on any atom is 0.273 e. The van der Waals surface area contributed by atoms with Crippen molar-refractivity contribution in [2.24, 2.45) is 5.92 Å². The second kappa shape index (κ2) is 4.70. The van der Waals surface area contributed by atoms with E-state index < -0.39 is 0 Å². The van der Waals surface area contributed by atoms with Gasteiger partial charge in [0.1, 0.15) is 5.76 Å². The van der Waals surface area contributed by atoms with Crippen LogP contribution >= 0.6 is 0 Å². The molecule has 3 rings (SSSR count). The fourth-order valence-corrected chi connectivity index (χ4v) is 2.29. The van der Waals surface area contributed by atoms with Gasteiger partial charge in [0, 0.05) is 43.6 Å². The zero-order valence-electron chi connectivity index (χ0n) is 10.1. The first-order valence-electron chi connectivity index (χ1n) is 6.37. The highest BCUT2D eigenvalue weighted by Crippen LogP contribution is 2.40. The molecule has 2 aliphatic rings. The maximum absolute atomic E-state index is 12.0. The van der Waals surface area contributed by atoms with E-state index in [2.05, 4.69) is 15.8 Å². The van der Waals surface area contributed by atoms with Gasteiger partial charge in [-0.1, -0.05) is 5.16 Å². The Kier molecular flexibility index (Phi) is 3.05. The van der Waals surface area contributed by atoms with Gasteiger partial charge in [0.15, 0.2) is 5.69 Å². The molecule has 0 bridgehead atoms. The minimum Gasteiger partial charge on any atom is -0.396 e. The van der Waals surface area contributed by atoms with Gasteiger partial charge in [-0.15, -0.1) is 0 Å². The molecule has 2 heterocycles. The minimum atomic E-state index is -0.224. The average molecular weight is 251 g/mol. The summed E-state index contributed by atoms with van der Waals surface area (Å²) in [6.45, 7) is 1.49. The van der Waals surface area contributed by atoms with Crippen LogP contribution in [0.15, 0.2) is 10.6 Å². The molecule has 98 valence electrons. The van der Waals surface area contributed by atoms with Crippen molar-refractivity contribution < 1.29 is 14.4 Å². The number of amides is 1. The van der Waals surface area contributed by atoms with Gasteiger partial charge < -0.3 is 20.3 Å². The first-order valence-corrected chi connectivity index (χ1v) is 6.37. The standard InChI is InChI=1S/C12H17N3O3/c16-6-8-4-13-5-10(8)14-12(17)9-3-11(18-15-9)7-1-2-7/h3,7-8,10,13,16H,1-2,4-6H2,(H,14,17)/t8-,10?/m0/s1.